The first-order valence-electron chi connectivity index (χ1n) is 12.8. The van der Waals surface area contributed by atoms with E-state index in [9.17, 15) is 10.1 Å². The van der Waals surface area contributed by atoms with E-state index in [0.717, 1.165) is 50.1 Å². The van der Waals surface area contributed by atoms with Crippen LogP contribution >= 0.6 is 0 Å². The minimum Gasteiger partial charge on any atom is -0.497 e. The summed E-state index contributed by atoms with van der Waals surface area (Å²) in [6.45, 7) is 13.3. The van der Waals surface area contributed by atoms with E-state index in [0.29, 0.717) is 0 Å². The third kappa shape index (κ3) is 4.55. The molecule has 0 fully saturated rings. The number of nitrogens with one attached hydrogen (secondary N) is 1. The second kappa shape index (κ2) is 9.05. The largest absolute Gasteiger partial charge is 0.497 e. The summed E-state index contributed by atoms with van der Waals surface area (Å²) in [6.07, 6.45) is 1.93. The van der Waals surface area contributed by atoms with Crippen molar-refractivity contribution in [3.05, 3.63) is 105 Å². The van der Waals surface area contributed by atoms with Gasteiger partial charge in [0.15, 0.2) is 0 Å². The number of aromatic nitrogens is 1. The normalized spacial score (nSPS) is 13.2. The zero-order valence-electron chi connectivity index (χ0n) is 23.0. The van der Waals surface area contributed by atoms with E-state index < -0.39 is 0 Å². The second-order valence-corrected chi connectivity index (χ2v) is 12.0. The average molecular weight is 511 g/mol. The number of H-pyrrole nitrogens is 1. The Hall–Kier alpha value is -4.06. The van der Waals surface area contributed by atoms with E-state index >= 15 is 0 Å². The van der Waals surface area contributed by atoms with Gasteiger partial charge in [-0.25, -0.2) is 0 Å². The van der Waals surface area contributed by atoms with Gasteiger partial charge in [-0.3, -0.25) is 10.1 Å². The summed E-state index contributed by atoms with van der Waals surface area (Å²) in [5.41, 5.74) is 5.98. The quantitative estimate of drug-likeness (QED) is 0.190. The van der Waals surface area contributed by atoms with Crippen molar-refractivity contribution >= 4 is 27.6 Å². The molecule has 0 aliphatic rings. The van der Waals surface area contributed by atoms with Crippen molar-refractivity contribution in [1.82, 2.24) is 4.98 Å². The molecule has 1 atom stereocenters. The lowest BCUT2D eigenvalue weighted by Crippen LogP contribution is -2.16. The molecule has 0 radical (unpaired) electrons. The molecule has 1 unspecified atom stereocenters. The van der Waals surface area contributed by atoms with Crippen LogP contribution in [0.2, 0.25) is 0 Å². The Morgan fingerprint density at radius 2 is 1.63 bits per heavy atom. The highest BCUT2D eigenvalue weighted by atomic mass is 16.6. The van der Waals surface area contributed by atoms with Crippen molar-refractivity contribution in [3.63, 3.8) is 0 Å². The molecule has 196 valence electrons. The van der Waals surface area contributed by atoms with E-state index in [1.165, 1.54) is 11.6 Å². The van der Waals surface area contributed by atoms with E-state index in [1.54, 1.807) is 19.2 Å². The minimum atomic E-state index is -0.358. The molecule has 38 heavy (non-hydrogen) atoms. The van der Waals surface area contributed by atoms with Gasteiger partial charge < -0.3 is 14.1 Å². The number of methoxy groups -OCH3 is 1. The van der Waals surface area contributed by atoms with E-state index in [4.69, 9.17) is 9.15 Å². The zero-order chi connectivity index (χ0) is 27.4. The number of furan rings is 1. The number of nitro groups is 1. The van der Waals surface area contributed by atoms with Gasteiger partial charge in [-0.2, -0.15) is 0 Å². The SMILES string of the molecule is COc1ccc(C(c2cc3cc(C(C)(C)C)cc(C(C)(C)C)c3o2)c2c[nH]c3ccc([N+](=O)[O-])cc23)cc1. The fourth-order valence-corrected chi connectivity index (χ4v) is 5.08. The first kappa shape index (κ1) is 25.6. The molecule has 0 aliphatic heterocycles. The standard InChI is InChI=1S/C32H34N2O4/c1-31(2,3)21-14-20-15-28(38-30(20)26(16-21)32(4,5)6)29(19-8-11-23(37-7)12-9-19)25-18-33-27-13-10-22(34(35)36)17-24(25)27/h8-18,29,33H,1-7H3. The van der Waals surface area contributed by atoms with Crippen molar-refractivity contribution in [1.29, 1.82) is 0 Å². The number of aromatic amines is 1. The molecule has 2 aromatic heterocycles. The number of hydrogen-bond acceptors (Lipinski definition) is 4. The molecule has 0 saturated heterocycles. The molecule has 0 spiro atoms. The van der Waals surface area contributed by atoms with Gasteiger partial charge in [-0.15, -0.1) is 0 Å². The van der Waals surface area contributed by atoms with Gasteiger partial charge in [0.25, 0.3) is 5.69 Å². The number of rotatable bonds is 5. The number of benzene rings is 3. The molecule has 0 saturated carbocycles. The number of ether oxygens (including phenoxy) is 1. The summed E-state index contributed by atoms with van der Waals surface area (Å²) in [7, 11) is 1.64. The number of fused-ring (bicyclic) bond motifs is 2. The van der Waals surface area contributed by atoms with Gasteiger partial charge in [-0.1, -0.05) is 59.7 Å². The fraction of sp³-hybridized carbons (Fsp3) is 0.312. The summed E-state index contributed by atoms with van der Waals surface area (Å²) in [4.78, 5) is 14.5. The van der Waals surface area contributed by atoms with Crippen molar-refractivity contribution in [3.8, 4) is 5.75 Å². The topological polar surface area (TPSA) is 81.3 Å². The fourth-order valence-electron chi connectivity index (χ4n) is 5.08. The molecule has 3 aromatic carbocycles. The molecule has 6 heteroatoms. The lowest BCUT2D eigenvalue weighted by Gasteiger charge is -2.25. The molecule has 0 aliphatic carbocycles. The van der Waals surface area contributed by atoms with Crippen LogP contribution in [0, 0.1) is 10.1 Å². The molecule has 2 heterocycles. The van der Waals surface area contributed by atoms with Gasteiger partial charge in [0.05, 0.1) is 18.0 Å². The van der Waals surface area contributed by atoms with Crippen molar-refractivity contribution < 1.29 is 14.1 Å². The molecular weight excluding hydrogens is 476 g/mol. The highest BCUT2D eigenvalue weighted by molar-refractivity contribution is 5.88. The van der Waals surface area contributed by atoms with Crippen LogP contribution in [0.4, 0.5) is 5.69 Å². The van der Waals surface area contributed by atoms with Gasteiger partial charge in [0, 0.05) is 40.2 Å². The molecule has 5 rings (SSSR count). The van der Waals surface area contributed by atoms with E-state index in [2.05, 4.69) is 64.7 Å². The predicted octanol–water partition coefficient (Wildman–Crippen LogP) is 8.61. The maximum Gasteiger partial charge on any atom is 0.270 e. The minimum absolute atomic E-state index is 0.0171. The molecule has 1 N–H and O–H groups in total. The Bertz CT molecular complexity index is 1640. The first-order chi connectivity index (χ1) is 17.9. The Balaban J connectivity index is 1.79. The lowest BCUT2D eigenvalue weighted by atomic mass is 9.79. The van der Waals surface area contributed by atoms with E-state index in [-0.39, 0.29) is 27.4 Å². The van der Waals surface area contributed by atoms with Gasteiger partial charge in [0.1, 0.15) is 17.1 Å². The van der Waals surface area contributed by atoms with Crippen molar-refractivity contribution in [2.45, 2.75) is 58.3 Å². The lowest BCUT2D eigenvalue weighted by molar-refractivity contribution is -0.384. The highest BCUT2D eigenvalue weighted by Gasteiger charge is 2.29. The van der Waals surface area contributed by atoms with Crippen LogP contribution in [0.3, 0.4) is 0 Å². The van der Waals surface area contributed by atoms with Crippen LogP contribution in [0.1, 0.15) is 75.5 Å². The number of non-ortho nitro benzene ring substituents is 1. The molecular formula is C32H34N2O4. The monoisotopic (exact) mass is 510 g/mol. The summed E-state index contributed by atoms with van der Waals surface area (Å²) < 4.78 is 12.1. The summed E-state index contributed by atoms with van der Waals surface area (Å²) in [6, 6.07) is 19.5. The van der Waals surface area contributed by atoms with E-state index in [1.807, 2.05) is 30.5 Å². The van der Waals surface area contributed by atoms with Gasteiger partial charge in [0.2, 0.25) is 0 Å². The Labute approximate surface area is 222 Å². The van der Waals surface area contributed by atoms with Crippen LogP contribution in [-0.4, -0.2) is 17.0 Å². The zero-order valence-corrected chi connectivity index (χ0v) is 23.0. The van der Waals surface area contributed by atoms with Crippen LogP contribution < -0.4 is 4.74 Å². The predicted molar refractivity (Wildman–Crippen MR) is 153 cm³/mol. The Morgan fingerprint density at radius 3 is 2.24 bits per heavy atom. The Kier molecular flexibility index (Phi) is 6.09. The maximum absolute atomic E-state index is 11.6. The van der Waals surface area contributed by atoms with Crippen LogP contribution in [0.25, 0.3) is 21.9 Å². The van der Waals surface area contributed by atoms with Crippen molar-refractivity contribution in [2.75, 3.05) is 7.11 Å². The molecule has 5 aromatic rings. The smallest absolute Gasteiger partial charge is 0.270 e. The van der Waals surface area contributed by atoms with Gasteiger partial charge in [-0.05, 0) is 57.9 Å². The average Bonchev–Trinajstić information content (AvgIpc) is 3.47. The highest BCUT2D eigenvalue weighted by Crippen LogP contribution is 2.43. The van der Waals surface area contributed by atoms with Crippen LogP contribution in [-0.2, 0) is 10.8 Å². The van der Waals surface area contributed by atoms with Crippen LogP contribution in [0.5, 0.6) is 5.75 Å². The first-order valence-corrected chi connectivity index (χ1v) is 12.8. The second-order valence-electron chi connectivity index (χ2n) is 12.0. The number of nitrogens with zero attached hydrogens (tertiary/aromatic N) is 1. The number of nitro benzene ring substituents is 1. The molecule has 6 nitrogen and oxygen atoms in total. The third-order valence-corrected chi connectivity index (χ3v) is 7.26. The van der Waals surface area contributed by atoms with Crippen molar-refractivity contribution in [2.24, 2.45) is 0 Å². The van der Waals surface area contributed by atoms with Crippen LogP contribution in [0.15, 0.2) is 71.3 Å². The summed E-state index contributed by atoms with van der Waals surface area (Å²) >= 11 is 0. The summed E-state index contributed by atoms with van der Waals surface area (Å²) in [5.74, 6) is 1.26. The van der Waals surface area contributed by atoms with Gasteiger partial charge >= 0.3 is 0 Å². The Morgan fingerprint density at radius 1 is 0.921 bits per heavy atom. The molecule has 0 bridgehead atoms. The summed E-state index contributed by atoms with van der Waals surface area (Å²) in [5, 5.41) is 13.4. The maximum atomic E-state index is 11.6. The third-order valence-electron chi connectivity index (χ3n) is 7.26. The molecule has 0 amide bonds. The number of hydrogen-bond donors (Lipinski definition) is 1.